The van der Waals surface area contributed by atoms with E-state index in [1.54, 1.807) is 24.3 Å². The van der Waals surface area contributed by atoms with Gasteiger partial charge in [-0.15, -0.1) is 0 Å². The number of rotatable bonds is 5. The van der Waals surface area contributed by atoms with Crippen molar-refractivity contribution in [1.29, 1.82) is 0 Å². The number of fused-ring (bicyclic) bond motifs is 1. The smallest absolute Gasteiger partial charge is 0.422 e. The fourth-order valence-electron chi connectivity index (χ4n) is 3.04. The summed E-state index contributed by atoms with van der Waals surface area (Å²) in [5.41, 5.74) is -0.828. The van der Waals surface area contributed by atoms with Crippen molar-refractivity contribution in [2.75, 3.05) is 0 Å². The van der Waals surface area contributed by atoms with Crippen molar-refractivity contribution < 1.29 is 32.2 Å². The van der Waals surface area contributed by atoms with Crippen molar-refractivity contribution in [3.63, 3.8) is 0 Å². The quantitative estimate of drug-likeness (QED) is 0.483. The van der Waals surface area contributed by atoms with Crippen LogP contribution in [0.3, 0.4) is 0 Å². The molecule has 0 atom stereocenters. The van der Waals surface area contributed by atoms with Gasteiger partial charge in [-0.1, -0.05) is 12.1 Å². The lowest BCUT2D eigenvalue weighted by atomic mass is 10.1. The maximum atomic E-state index is 12.7. The summed E-state index contributed by atoms with van der Waals surface area (Å²) in [7, 11) is 0. The average Bonchev–Trinajstić information content (AvgIpc) is 2.76. The number of alkyl halides is 3. The number of benzene rings is 2. The Bertz CT molecular complexity index is 1460. The Morgan fingerprint density at radius 1 is 1.00 bits per heavy atom. The fourth-order valence-corrected chi connectivity index (χ4v) is 3.04. The molecule has 1 N–H and O–H groups in total. The summed E-state index contributed by atoms with van der Waals surface area (Å²) in [6.07, 6.45) is -3.07. The molecule has 0 spiro atoms. The number of pyridine rings is 1. The Hall–Kier alpha value is -4.41. The van der Waals surface area contributed by atoms with Crippen LogP contribution < -0.4 is 16.1 Å². The lowest BCUT2D eigenvalue weighted by molar-refractivity contribution is -0.138. The third kappa shape index (κ3) is 4.61. The minimum atomic E-state index is -4.43. The average molecular weight is 458 g/mol. The normalized spacial score (nSPS) is 11.5. The molecule has 0 amide bonds. The van der Waals surface area contributed by atoms with Gasteiger partial charge in [0.2, 0.25) is 0 Å². The molecule has 4 aromatic rings. The van der Waals surface area contributed by atoms with Crippen molar-refractivity contribution in [2.45, 2.75) is 12.7 Å². The van der Waals surface area contributed by atoms with E-state index in [9.17, 15) is 27.6 Å². The number of carboxylic acid groups (broad SMARTS) is 1. The van der Waals surface area contributed by atoms with Crippen LogP contribution in [0.4, 0.5) is 13.2 Å². The second kappa shape index (κ2) is 8.26. The highest BCUT2D eigenvalue weighted by molar-refractivity contribution is 5.78. The Morgan fingerprint density at radius 3 is 2.18 bits per heavy atom. The summed E-state index contributed by atoms with van der Waals surface area (Å²) in [6.45, 7) is -0.846. The Labute approximate surface area is 182 Å². The Morgan fingerprint density at radius 2 is 1.61 bits per heavy atom. The van der Waals surface area contributed by atoms with Gasteiger partial charge in [0.05, 0.1) is 5.56 Å². The van der Waals surface area contributed by atoms with Crippen LogP contribution in [0.25, 0.3) is 22.2 Å². The zero-order valence-electron chi connectivity index (χ0n) is 16.5. The highest BCUT2D eigenvalue weighted by atomic mass is 19.4. The van der Waals surface area contributed by atoms with Gasteiger partial charge in [-0.05, 0) is 48.0 Å². The molecule has 0 saturated carbocycles. The van der Waals surface area contributed by atoms with Crippen LogP contribution in [-0.4, -0.2) is 20.6 Å². The van der Waals surface area contributed by atoms with Gasteiger partial charge in [-0.3, -0.25) is 9.59 Å². The summed E-state index contributed by atoms with van der Waals surface area (Å²) >= 11 is 0. The van der Waals surface area contributed by atoms with E-state index in [4.69, 9.17) is 14.3 Å². The summed E-state index contributed by atoms with van der Waals surface area (Å²) in [5, 5.41) is 8.82. The molecule has 2 aromatic heterocycles. The molecule has 8 nitrogen and oxygen atoms in total. The van der Waals surface area contributed by atoms with Crippen molar-refractivity contribution in [1.82, 2.24) is 9.55 Å². The second-order valence-electron chi connectivity index (χ2n) is 6.87. The van der Waals surface area contributed by atoms with Crippen molar-refractivity contribution in [3.8, 4) is 22.6 Å². The lowest BCUT2D eigenvalue weighted by Gasteiger charge is -2.10. The number of aliphatic carboxylic acids is 1. The molecule has 11 heteroatoms. The number of carboxylic acids is 1. The molecular weight excluding hydrogens is 445 g/mol. The van der Waals surface area contributed by atoms with Crippen LogP contribution in [0.1, 0.15) is 5.56 Å². The topological polar surface area (TPSA) is 112 Å². The van der Waals surface area contributed by atoms with Gasteiger partial charge < -0.3 is 14.3 Å². The number of nitrogens with zero attached hydrogens (tertiary/aromatic N) is 2. The van der Waals surface area contributed by atoms with E-state index < -0.39 is 35.6 Å². The van der Waals surface area contributed by atoms with Crippen molar-refractivity contribution in [3.05, 3.63) is 87.3 Å². The number of halogens is 3. The zero-order chi connectivity index (χ0) is 23.8. The molecule has 4 rings (SSSR count). The summed E-state index contributed by atoms with van der Waals surface area (Å²) in [4.78, 5) is 39.1. The van der Waals surface area contributed by atoms with Crippen molar-refractivity contribution >= 4 is 17.1 Å². The minimum Gasteiger partial charge on any atom is -0.480 e. The molecule has 2 aromatic carbocycles. The van der Waals surface area contributed by atoms with Crippen LogP contribution in [0.5, 0.6) is 11.5 Å². The highest BCUT2D eigenvalue weighted by Crippen LogP contribution is 2.32. The largest absolute Gasteiger partial charge is 0.480 e. The van der Waals surface area contributed by atoms with E-state index in [2.05, 4.69) is 4.98 Å². The van der Waals surface area contributed by atoms with E-state index in [1.165, 1.54) is 24.4 Å². The zero-order valence-corrected chi connectivity index (χ0v) is 16.5. The number of hydrogen-bond donors (Lipinski definition) is 1. The lowest BCUT2D eigenvalue weighted by Crippen LogP contribution is -2.35. The number of carbonyl (C=O) groups is 1. The third-order valence-electron chi connectivity index (χ3n) is 4.62. The molecule has 33 heavy (non-hydrogen) atoms. The van der Waals surface area contributed by atoms with Crippen LogP contribution in [-0.2, 0) is 17.5 Å². The van der Waals surface area contributed by atoms with Gasteiger partial charge in [-0.25, -0.2) is 14.3 Å². The molecule has 168 valence electrons. The number of aromatic nitrogens is 2. The number of hydrogen-bond acceptors (Lipinski definition) is 6. The molecule has 0 fully saturated rings. The molecule has 0 saturated heterocycles. The van der Waals surface area contributed by atoms with E-state index in [1.807, 2.05) is 0 Å². The Balaban J connectivity index is 1.58. The van der Waals surface area contributed by atoms with Gasteiger partial charge in [-0.2, -0.15) is 13.2 Å². The number of ether oxygens (including phenoxy) is 1. The van der Waals surface area contributed by atoms with E-state index in [-0.39, 0.29) is 16.8 Å². The first-order valence-electron chi connectivity index (χ1n) is 9.33. The van der Waals surface area contributed by atoms with Crippen LogP contribution >= 0.6 is 0 Å². The summed E-state index contributed by atoms with van der Waals surface area (Å²) in [5.74, 6) is -1.90. The predicted octanol–water partition coefficient (Wildman–Crippen LogP) is 3.91. The predicted molar refractivity (Wildman–Crippen MR) is 109 cm³/mol. The van der Waals surface area contributed by atoms with Crippen LogP contribution in [0.15, 0.2) is 74.8 Å². The first-order chi connectivity index (χ1) is 15.6. The van der Waals surface area contributed by atoms with Gasteiger partial charge >= 0.3 is 17.9 Å². The van der Waals surface area contributed by atoms with Crippen molar-refractivity contribution in [2.24, 2.45) is 0 Å². The van der Waals surface area contributed by atoms with Crippen LogP contribution in [0, 0.1) is 0 Å². The molecule has 0 aliphatic carbocycles. The maximum absolute atomic E-state index is 12.7. The van der Waals surface area contributed by atoms with E-state index in [0.29, 0.717) is 21.4 Å². The molecule has 0 aliphatic rings. The molecule has 0 bridgehead atoms. The van der Waals surface area contributed by atoms with E-state index in [0.717, 1.165) is 12.1 Å². The molecular formula is C22H13F3N2O6. The SMILES string of the molecule is O=C(O)Cn1c(=O)oc2cc(-c3ccc(Oc4ccc(C(F)(F)F)cc4)cc3)cnc2c1=O. The second-order valence-corrected chi connectivity index (χ2v) is 6.87. The summed E-state index contributed by atoms with van der Waals surface area (Å²) < 4.78 is 49.0. The summed E-state index contributed by atoms with van der Waals surface area (Å²) in [6, 6.07) is 12.1. The van der Waals surface area contributed by atoms with Gasteiger partial charge in [0.15, 0.2) is 11.1 Å². The van der Waals surface area contributed by atoms with Gasteiger partial charge in [0.1, 0.15) is 18.0 Å². The van der Waals surface area contributed by atoms with Gasteiger partial charge in [0, 0.05) is 11.8 Å². The molecule has 0 radical (unpaired) electrons. The maximum Gasteiger partial charge on any atom is 0.422 e. The molecule has 2 heterocycles. The van der Waals surface area contributed by atoms with E-state index >= 15 is 0 Å². The van der Waals surface area contributed by atoms with Gasteiger partial charge in [0.25, 0.3) is 5.56 Å². The first-order valence-corrected chi connectivity index (χ1v) is 9.33. The molecule has 0 unspecified atom stereocenters. The van der Waals surface area contributed by atoms with Crippen LogP contribution in [0.2, 0.25) is 0 Å². The monoisotopic (exact) mass is 458 g/mol. The third-order valence-corrected chi connectivity index (χ3v) is 4.62. The first kappa shape index (κ1) is 21.8. The highest BCUT2D eigenvalue weighted by Gasteiger charge is 2.30. The molecule has 0 aliphatic heterocycles. The standard InChI is InChI=1S/C22H13F3N2O6/c23-22(24,25)14-3-7-16(8-4-14)32-15-5-1-12(2-6-15)13-9-17-19(26-10-13)20(30)27(11-18(28)29)21(31)33-17/h1-10H,11H2,(H,28,29). The minimum absolute atomic E-state index is 0.103. The fraction of sp³-hybridized carbons (Fsp3) is 0.0909. The Kier molecular flexibility index (Phi) is 5.46.